The van der Waals surface area contributed by atoms with Crippen LogP contribution in [0.5, 0.6) is 11.5 Å². The molecule has 7 heteroatoms. The Morgan fingerprint density at radius 2 is 1.56 bits per heavy atom. The van der Waals surface area contributed by atoms with Crippen LogP contribution in [0.3, 0.4) is 0 Å². The number of carbonyl (C=O) groups is 1. The first-order valence-electron chi connectivity index (χ1n) is 10.8. The zero-order chi connectivity index (χ0) is 24.8. The maximum Gasteiger partial charge on any atom is 0.339 e. The van der Waals surface area contributed by atoms with E-state index in [-0.39, 0.29) is 16.6 Å². The van der Waals surface area contributed by atoms with Gasteiger partial charge in [-0.3, -0.25) is 9.69 Å². The lowest BCUT2D eigenvalue weighted by atomic mass is 9.87. The highest BCUT2D eigenvalue weighted by molar-refractivity contribution is 7.87. The Balaban J connectivity index is 1.70. The Bertz CT molecular complexity index is 1410. The predicted molar refractivity (Wildman–Crippen MR) is 132 cm³/mol. The Morgan fingerprint density at radius 1 is 0.882 bits per heavy atom. The van der Waals surface area contributed by atoms with E-state index in [1.165, 1.54) is 12.1 Å². The van der Waals surface area contributed by atoms with Crippen LogP contribution in [0.1, 0.15) is 33.9 Å². The fourth-order valence-corrected chi connectivity index (χ4v) is 4.98. The summed E-state index contributed by atoms with van der Waals surface area (Å²) in [4.78, 5) is 14.5. The summed E-state index contributed by atoms with van der Waals surface area (Å²) in [5.74, 6) is 0.713. The third-order valence-electron chi connectivity index (χ3n) is 6.22. The zero-order valence-electron chi connectivity index (χ0n) is 19.9. The van der Waals surface area contributed by atoms with Crippen LogP contribution in [-0.2, 0) is 14.9 Å². The lowest BCUT2D eigenvalue weighted by Crippen LogP contribution is -2.48. The second-order valence-corrected chi connectivity index (χ2v) is 10.1. The summed E-state index contributed by atoms with van der Waals surface area (Å²) >= 11 is 0. The number of hydrogen-bond donors (Lipinski definition) is 0. The van der Waals surface area contributed by atoms with E-state index in [0.717, 1.165) is 16.7 Å². The van der Waals surface area contributed by atoms with Crippen molar-refractivity contribution >= 4 is 21.7 Å². The van der Waals surface area contributed by atoms with Gasteiger partial charge in [0, 0.05) is 17.3 Å². The highest BCUT2D eigenvalue weighted by atomic mass is 32.2. The molecule has 6 nitrogen and oxygen atoms in total. The first-order valence-corrected chi connectivity index (χ1v) is 12.2. The maximum absolute atomic E-state index is 12.9. The highest BCUT2D eigenvalue weighted by Gasteiger charge is 2.43. The number of β-lactam (4-membered cyclic amide) rings is 1. The third kappa shape index (κ3) is 4.07. The van der Waals surface area contributed by atoms with Gasteiger partial charge in [-0.1, -0.05) is 36.4 Å². The Hall–Kier alpha value is -3.58. The highest BCUT2D eigenvalue weighted by Crippen LogP contribution is 2.45. The van der Waals surface area contributed by atoms with Gasteiger partial charge in [0.15, 0.2) is 0 Å². The summed E-state index contributed by atoms with van der Waals surface area (Å²) < 4.78 is 36.7. The monoisotopic (exact) mass is 477 g/mol. The number of hydrogen-bond acceptors (Lipinski definition) is 5. The van der Waals surface area contributed by atoms with Crippen molar-refractivity contribution in [1.29, 1.82) is 0 Å². The summed E-state index contributed by atoms with van der Waals surface area (Å²) in [7, 11) is -2.42. The van der Waals surface area contributed by atoms with E-state index in [0.29, 0.717) is 28.1 Å². The Labute approximate surface area is 200 Å². The van der Waals surface area contributed by atoms with Crippen LogP contribution in [0.2, 0.25) is 0 Å². The van der Waals surface area contributed by atoms with Crippen LogP contribution in [0.25, 0.3) is 0 Å². The molecule has 0 unspecified atom stereocenters. The molecule has 176 valence electrons. The van der Waals surface area contributed by atoms with Crippen molar-refractivity contribution in [1.82, 2.24) is 0 Å². The van der Waals surface area contributed by atoms with Crippen molar-refractivity contribution in [3.8, 4) is 11.5 Å². The number of benzene rings is 3. The van der Waals surface area contributed by atoms with Gasteiger partial charge in [-0.2, -0.15) is 8.42 Å². The van der Waals surface area contributed by atoms with Gasteiger partial charge < -0.3 is 8.92 Å². The molecule has 0 aliphatic carbocycles. The first kappa shape index (κ1) is 23.6. The van der Waals surface area contributed by atoms with Crippen LogP contribution in [0, 0.1) is 27.7 Å². The van der Waals surface area contributed by atoms with Crippen LogP contribution in [-0.4, -0.2) is 21.4 Å². The van der Waals surface area contributed by atoms with Crippen molar-refractivity contribution in [3.05, 3.63) is 94.6 Å². The number of rotatable bonds is 6. The lowest BCUT2D eigenvalue weighted by Gasteiger charge is -2.43. The summed E-state index contributed by atoms with van der Waals surface area (Å²) in [6, 6.07) is 15.1. The molecule has 3 aromatic carbocycles. The minimum absolute atomic E-state index is 0.0787. The summed E-state index contributed by atoms with van der Waals surface area (Å²) in [6.45, 7) is 11.5. The van der Waals surface area contributed by atoms with E-state index in [1.807, 2.05) is 39.0 Å². The average Bonchev–Trinajstić information content (AvgIpc) is 2.80. The zero-order valence-corrected chi connectivity index (χ0v) is 20.7. The number of aryl methyl sites for hydroxylation is 3. The van der Waals surface area contributed by atoms with E-state index in [9.17, 15) is 13.2 Å². The van der Waals surface area contributed by atoms with E-state index in [2.05, 4.69) is 6.58 Å². The molecule has 1 saturated heterocycles. The number of carbonyl (C=O) groups excluding carboxylic acids is 1. The Morgan fingerprint density at radius 3 is 2.21 bits per heavy atom. The lowest BCUT2D eigenvalue weighted by molar-refractivity contribution is -0.119. The molecule has 0 bridgehead atoms. The minimum atomic E-state index is -4.01. The topological polar surface area (TPSA) is 72.9 Å². The molecule has 1 atom stereocenters. The fraction of sp³-hybridized carbons (Fsp3) is 0.222. The molecule has 0 radical (unpaired) electrons. The SMILES string of the molecule is C=C1C(=O)N(c2cc(C)c(C)c(OC)c2)[C@H]1c1ccc(C)c(OS(=O)(=O)c2ccc(C)cc2)c1. The number of amides is 1. The van der Waals surface area contributed by atoms with Crippen molar-refractivity contribution in [3.63, 3.8) is 0 Å². The Kier molecular flexibility index (Phi) is 6.00. The van der Waals surface area contributed by atoms with Crippen LogP contribution in [0.15, 0.2) is 71.6 Å². The van der Waals surface area contributed by atoms with Gasteiger partial charge in [0.2, 0.25) is 0 Å². The molecule has 1 aliphatic heterocycles. The largest absolute Gasteiger partial charge is 0.496 e. The molecule has 4 rings (SSSR count). The van der Waals surface area contributed by atoms with Gasteiger partial charge in [0.1, 0.15) is 16.4 Å². The minimum Gasteiger partial charge on any atom is -0.496 e. The third-order valence-corrected chi connectivity index (χ3v) is 7.47. The van der Waals surface area contributed by atoms with Gasteiger partial charge in [-0.05, 0) is 74.2 Å². The fourth-order valence-electron chi connectivity index (χ4n) is 4.00. The number of methoxy groups -OCH3 is 1. The van der Waals surface area contributed by atoms with E-state index < -0.39 is 16.2 Å². The van der Waals surface area contributed by atoms with Gasteiger partial charge in [-0.15, -0.1) is 0 Å². The van der Waals surface area contributed by atoms with Gasteiger partial charge in [-0.25, -0.2) is 0 Å². The van der Waals surface area contributed by atoms with Crippen molar-refractivity contribution in [2.24, 2.45) is 0 Å². The quantitative estimate of drug-likeness (QED) is 0.272. The number of nitrogens with zero attached hydrogens (tertiary/aromatic N) is 1. The molecule has 1 heterocycles. The molecule has 34 heavy (non-hydrogen) atoms. The predicted octanol–water partition coefficient (Wildman–Crippen LogP) is 5.34. The van der Waals surface area contributed by atoms with E-state index in [1.54, 1.807) is 43.2 Å². The number of anilines is 1. The molecular formula is C27H27NO5S. The molecule has 3 aromatic rings. The van der Waals surface area contributed by atoms with E-state index in [4.69, 9.17) is 8.92 Å². The molecule has 0 aromatic heterocycles. The van der Waals surface area contributed by atoms with Crippen molar-refractivity contribution in [2.75, 3.05) is 12.0 Å². The number of ether oxygens (including phenoxy) is 1. The van der Waals surface area contributed by atoms with Crippen LogP contribution < -0.4 is 13.8 Å². The van der Waals surface area contributed by atoms with E-state index >= 15 is 0 Å². The van der Waals surface area contributed by atoms with Gasteiger partial charge >= 0.3 is 10.1 Å². The second kappa shape index (κ2) is 8.65. The standard InChI is InChI=1S/C27H27NO5S/c1-16-7-11-23(12-8-16)34(30,31)33-24-14-21(10-9-17(24)2)26-20(5)27(29)28(26)22-13-18(3)19(4)25(15-22)32-6/h7-15,26H,5H2,1-4,6H3/t26-/m1/s1. The molecule has 1 fully saturated rings. The molecule has 0 spiro atoms. The second-order valence-electron chi connectivity index (χ2n) is 8.57. The van der Waals surface area contributed by atoms with Crippen LogP contribution in [0.4, 0.5) is 5.69 Å². The average molecular weight is 478 g/mol. The molecule has 0 N–H and O–H groups in total. The van der Waals surface area contributed by atoms with Gasteiger partial charge in [0.05, 0.1) is 13.2 Å². The molecule has 0 saturated carbocycles. The molecule has 1 amide bonds. The first-order chi connectivity index (χ1) is 16.0. The van der Waals surface area contributed by atoms with Crippen molar-refractivity contribution in [2.45, 2.75) is 38.6 Å². The molecular weight excluding hydrogens is 450 g/mol. The maximum atomic E-state index is 12.9. The normalized spacial score (nSPS) is 15.8. The van der Waals surface area contributed by atoms with Gasteiger partial charge in [0.25, 0.3) is 5.91 Å². The van der Waals surface area contributed by atoms with Crippen molar-refractivity contribution < 1.29 is 22.1 Å². The summed E-state index contributed by atoms with van der Waals surface area (Å²) in [6.07, 6.45) is 0. The molecule has 1 aliphatic rings. The summed E-state index contributed by atoms with van der Waals surface area (Å²) in [5, 5.41) is 0. The summed E-state index contributed by atoms with van der Waals surface area (Å²) in [5.41, 5.74) is 5.44. The van der Waals surface area contributed by atoms with Crippen LogP contribution >= 0.6 is 0 Å². The smallest absolute Gasteiger partial charge is 0.339 e.